The summed E-state index contributed by atoms with van der Waals surface area (Å²) in [5.41, 5.74) is 4.41. The summed E-state index contributed by atoms with van der Waals surface area (Å²) < 4.78 is 13.2. The number of benzene rings is 1. The van der Waals surface area contributed by atoms with Crippen LogP contribution in [0.1, 0.15) is 22.2 Å². The highest BCUT2D eigenvalue weighted by molar-refractivity contribution is 6.91. The Hall–Kier alpha value is 0.00753. The van der Waals surface area contributed by atoms with Crippen LogP contribution in [0.15, 0.2) is 24.3 Å². The average Bonchev–Trinajstić information content (AvgIpc) is 2.76. The van der Waals surface area contributed by atoms with E-state index >= 15 is 0 Å². The van der Waals surface area contributed by atoms with Gasteiger partial charge in [-0.1, -0.05) is 24.3 Å². The Kier molecular flexibility index (Phi) is 4.50. The van der Waals surface area contributed by atoms with Gasteiger partial charge in [0.1, 0.15) is 0 Å². The topological polar surface area (TPSA) is 18.5 Å². The van der Waals surface area contributed by atoms with Gasteiger partial charge in [-0.25, -0.2) is 0 Å². The Morgan fingerprint density at radius 1 is 0.708 bits per heavy atom. The Morgan fingerprint density at radius 2 is 1.08 bits per heavy atom. The molecule has 24 heavy (non-hydrogen) atoms. The van der Waals surface area contributed by atoms with E-state index in [1.807, 2.05) is 0 Å². The summed E-state index contributed by atoms with van der Waals surface area (Å²) in [4.78, 5) is 0. The van der Waals surface area contributed by atoms with Crippen molar-refractivity contribution >= 4 is 33.3 Å². The van der Waals surface area contributed by atoms with Crippen molar-refractivity contribution in [3.8, 4) is 0 Å². The predicted octanol–water partition coefficient (Wildman–Crippen LogP) is 5.81. The second-order valence-corrected chi connectivity index (χ2v) is 27.4. The van der Waals surface area contributed by atoms with Crippen LogP contribution in [-0.4, -0.2) is 33.3 Å². The first-order valence-electron chi connectivity index (χ1n) is 9.32. The molecule has 2 atom stereocenters. The van der Waals surface area contributed by atoms with Gasteiger partial charge in [0, 0.05) is 11.1 Å². The SMILES string of the molecule is C[Si]1(C)CC(c2cccc(C3C[Si](C)(C)O[Si]3(C)C)c2)[Si](C)(C)O1. The molecule has 0 saturated carbocycles. The molecule has 6 heteroatoms. The van der Waals surface area contributed by atoms with Crippen molar-refractivity contribution < 1.29 is 8.23 Å². The normalized spacial score (nSPS) is 32.8. The molecule has 1 aromatic rings. The zero-order valence-corrected chi connectivity index (χ0v) is 20.7. The summed E-state index contributed by atoms with van der Waals surface area (Å²) in [6.07, 6.45) is 0. The van der Waals surface area contributed by atoms with Crippen LogP contribution in [0.4, 0.5) is 0 Å². The van der Waals surface area contributed by atoms with Gasteiger partial charge in [0.2, 0.25) is 0 Å². The van der Waals surface area contributed by atoms with Gasteiger partial charge in [-0.05, 0) is 75.6 Å². The Labute approximate surface area is 152 Å². The molecule has 134 valence electrons. The van der Waals surface area contributed by atoms with E-state index in [0.29, 0.717) is 11.1 Å². The van der Waals surface area contributed by atoms with Crippen LogP contribution in [-0.2, 0) is 8.23 Å². The number of hydrogen-bond acceptors (Lipinski definition) is 2. The van der Waals surface area contributed by atoms with Crippen LogP contribution in [0.25, 0.3) is 0 Å². The summed E-state index contributed by atoms with van der Waals surface area (Å²) in [7, 11) is -6.18. The molecule has 0 aliphatic carbocycles. The molecule has 0 aromatic heterocycles. The smallest absolute Gasteiger partial charge is 0.180 e. The van der Waals surface area contributed by atoms with Crippen molar-refractivity contribution in [1.82, 2.24) is 0 Å². The minimum atomic E-state index is -1.62. The van der Waals surface area contributed by atoms with E-state index < -0.39 is 33.3 Å². The lowest BCUT2D eigenvalue weighted by molar-refractivity contribution is 0.570. The maximum Gasteiger partial charge on any atom is 0.180 e. The summed E-state index contributed by atoms with van der Waals surface area (Å²) in [5.74, 6) is 0. The van der Waals surface area contributed by atoms with Crippen molar-refractivity contribution in [3.63, 3.8) is 0 Å². The first-order valence-corrected chi connectivity index (χ1v) is 21.5. The van der Waals surface area contributed by atoms with Crippen molar-refractivity contribution in [1.29, 1.82) is 0 Å². The predicted molar refractivity (Wildman–Crippen MR) is 114 cm³/mol. The first kappa shape index (κ1) is 18.8. The van der Waals surface area contributed by atoms with Crippen LogP contribution in [0.5, 0.6) is 0 Å². The third-order valence-corrected chi connectivity index (χ3v) is 22.5. The molecule has 2 aliphatic rings. The molecule has 0 N–H and O–H groups in total. The van der Waals surface area contributed by atoms with Crippen molar-refractivity contribution in [2.75, 3.05) is 0 Å². The molecular formula is C18H34O2Si4. The highest BCUT2D eigenvalue weighted by Crippen LogP contribution is 2.47. The van der Waals surface area contributed by atoms with Gasteiger partial charge in [0.05, 0.1) is 0 Å². The highest BCUT2D eigenvalue weighted by Gasteiger charge is 2.51. The molecule has 2 fully saturated rings. The van der Waals surface area contributed by atoms with Crippen molar-refractivity contribution in [2.24, 2.45) is 0 Å². The molecule has 1 aromatic carbocycles. The average molecular weight is 395 g/mol. The Bertz CT molecular complexity index is 588. The van der Waals surface area contributed by atoms with Crippen molar-refractivity contribution in [3.05, 3.63) is 35.4 Å². The van der Waals surface area contributed by atoms with Crippen LogP contribution in [0, 0.1) is 0 Å². The fraction of sp³-hybridized carbons (Fsp3) is 0.667. The van der Waals surface area contributed by atoms with Crippen LogP contribution in [0.3, 0.4) is 0 Å². The molecule has 0 amide bonds. The molecule has 2 heterocycles. The molecule has 0 bridgehead atoms. The molecule has 2 nitrogen and oxygen atoms in total. The third kappa shape index (κ3) is 3.59. The van der Waals surface area contributed by atoms with E-state index in [-0.39, 0.29) is 0 Å². The highest BCUT2D eigenvalue weighted by atomic mass is 28.4. The monoisotopic (exact) mass is 394 g/mol. The molecule has 2 aliphatic heterocycles. The lowest BCUT2D eigenvalue weighted by atomic mass is 10.1. The zero-order valence-electron chi connectivity index (χ0n) is 16.7. The van der Waals surface area contributed by atoms with E-state index in [1.165, 1.54) is 12.1 Å². The summed E-state index contributed by atoms with van der Waals surface area (Å²) >= 11 is 0. The van der Waals surface area contributed by atoms with Crippen molar-refractivity contribution in [2.45, 2.75) is 75.5 Å². The quantitative estimate of drug-likeness (QED) is 0.589. The van der Waals surface area contributed by atoms with Gasteiger partial charge in [-0.2, -0.15) is 0 Å². The first-order chi connectivity index (χ1) is 10.8. The standard InChI is InChI=1S/C18H34O2Si4/c1-21(2)13-17(23(5,6)19-21)15-10-9-11-16(12-15)18-14-22(3,4)20-24(18,7)8/h9-12,17-18H,13-14H2,1-8H3. The van der Waals surface area contributed by atoms with Crippen LogP contribution in [0.2, 0.25) is 64.5 Å². The van der Waals surface area contributed by atoms with Gasteiger partial charge in [-0.3, -0.25) is 0 Å². The van der Waals surface area contributed by atoms with E-state index in [1.54, 1.807) is 11.1 Å². The van der Waals surface area contributed by atoms with Crippen LogP contribution < -0.4 is 0 Å². The van der Waals surface area contributed by atoms with E-state index in [9.17, 15) is 0 Å². The second kappa shape index (κ2) is 5.75. The number of hydrogen-bond donors (Lipinski definition) is 0. The maximum absolute atomic E-state index is 6.61. The van der Waals surface area contributed by atoms with Gasteiger partial charge >= 0.3 is 0 Å². The summed E-state index contributed by atoms with van der Waals surface area (Å²) in [6, 6.07) is 12.1. The largest absolute Gasteiger partial charge is 0.455 e. The van der Waals surface area contributed by atoms with E-state index in [0.717, 1.165) is 0 Å². The minimum absolute atomic E-state index is 0.663. The van der Waals surface area contributed by atoms with E-state index in [2.05, 4.69) is 76.6 Å². The molecular weight excluding hydrogens is 361 g/mol. The van der Waals surface area contributed by atoms with Crippen LogP contribution >= 0.6 is 0 Å². The van der Waals surface area contributed by atoms with Gasteiger partial charge in [0.15, 0.2) is 33.3 Å². The Morgan fingerprint density at radius 3 is 1.38 bits per heavy atom. The number of rotatable bonds is 2. The van der Waals surface area contributed by atoms with E-state index in [4.69, 9.17) is 8.23 Å². The Balaban J connectivity index is 1.94. The molecule has 2 unspecified atom stereocenters. The van der Waals surface area contributed by atoms with Gasteiger partial charge in [-0.15, -0.1) is 0 Å². The fourth-order valence-corrected chi connectivity index (χ4v) is 29.6. The summed E-state index contributed by atoms with van der Waals surface area (Å²) in [6.45, 7) is 19.2. The molecule has 3 rings (SSSR count). The third-order valence-electron chi connectivity index (χ3n) is 5.86. The fourth-order valence-electron chi connectivity index (χ4n) is 5.16. The lowest BCUT2D eigenvalue weighted by Gasteiger charge is -2.28. The zero-order chi connectivity index (χ0) is 18.0. The molecule has 2 saturated heterocycles. The molecule has 0 radical (unpaired) electrons. The van der Waals surface area contributed by atoms with Gasteiger partial charge < -0.3 is 8.23 Å². The maximum atomic E-state index is 6.61. The minimum Gasteiger partial charge on any atom is -0.455 e. The van der Waals surface area contributed by atoms with Gasteiger partial charge in [0.25, 0.3) is 0 Å². The second-order valence-electron chi connectivity index (χ2n) is 10.1. The summed E-state index contributed by atoms with van der Waals surface area (Å²) in [5, 5.41) is 0. The lowest BCUT2D eigenvalue weighted by Crippen LogP contribution is -2.37. The molecule has 0 spiro atoms.